The van der Waals surface area contributed by atoms with Gasteiger partial charge in [0.05, 0.1) is 18.1 Å². The number of aromatic nitrogens is 2. The highest BCUT2D eigenvalue weighted by Crippen LogP contribution is 2.29. The topological polar surface area (TPSA) is 54.6 Å². The molecule has 2 aromatic rings. The van der Waals surface area contributed by atoms with Crippen LogP contribution in [-0.2, 0) is 17.4 Å². The van der Waals surface area contributed by atoms with Crippen molar-refractivity contribution in [3.8, 4) is 0 Å². The van der Waals surface area contributed by atoms with Gasteiger partial charge in [0.25, 0.3) is 0 Å². The van der Waals surface area contributed by atoms with Crippen LogP contribution in [0.4, 0.5) is 13.2 Å². The van der Waals surface area contributed by atoms with Crippen LogP contribution in [0.15, 0.2) is 24.5 Å². The maximum absolute atomic E-state index is 12.5. The van der Waals surface area contributed by atoms with E-state index in [2.05, 4.69) is 4.98 Å². The number of rotatable bonds is 2. The Hall–Kier alpha value is -2.05. The lowest BCUT2D eigenvalue weighted by Crippen LogP contribution is -2.11. The third-order valence-corrected chi connectivity index (χ3v) is 2.25. The van der Waals surface area contributed by atoms with E-state index in [1.807, 2.05) is 0 Å². The molecule has 17 heavy (non-hydrogen) atoms. The maximum atomic E-state index is 12.5. The van der Waals surface area contributed by atoms with E-state index >= 15 is 0 Å². The van der Waals surface area contributed by atoms with E-state index in [1.165, 1.54) is 18.3 Å². The van der Waals surface area contributed by atoms with Crippen LogP contribution in [0.3, 0.4) is 0 Å². The molecule has 0 atom stereocenters. The molecule has 0 fully saturated rings. The Bertz CT molecular complexity index is 574. The van der Waals surface area contributed by atoms with E-state index in [1.54, 1.807) is 0 Å². The third-order valence-electron chi connectivity index (χ3n) is 2.25. The Morgan fingerprint density at radius 2 is 2.18 bits per heavy atom. The first kappa shape index (κ1) is 11.4. The zero-order valence-electron chi connectivity index (χ0n) is 8.40. The Morgan fingerprint density at radius 1 is 1.47 bits per heavy atom. The molecule has 4 nitrogen and oxygen atoms in total. The van der Waals surface area contributed by atoms with Crippen LogP contribution < -0.4 is 0 Å². The Morgan fingerprint density at radius 3 is 2.76 bits per heavy atom. The molecule has 2 aromatic heterocycles. The summed E-state index contributed by atoms with van der Waals surface area (Å²) >= 11 is 0. The molecule has 7 heteroatoms. The number of pyridine rings is 1. The Balaban J connectivity index is 2.61. The van der Waals surface area contributed by atoms with Crippen molar-refractivity contribution < 1.29 is 23.1 Å². The molecule has 0 spiro atoms. The number of hydrogen-bond acceptors (Lipinski definition) is 2. The summed E-state index contributed by atoms with van der Waals surface area (Å²) in [6.45, 7) is 0. The van der Waals surface area contributed by atoms with E-state index in [-0.39, 0.29) is 11.9 Å². The summed E-state index contributed by atoms with van der Waals surface area (Å²) in [5.74, 6) is -2.16. The van der Waals surface area contributed by atoms with Crippen LogP contribution in [0.1, 0.15) is 11.4 Å². The van der Waals surface area contributed by atoms with Crippen LogP contribution in [0, 0.1) is 0 Å². The minimum absolute atomic E-state index is 0.155. The van der Waals surface area contributed by atoms with Gasteiger partial charge in [-0.15, -0.1) is 0 Å². The summed E-state index contributed by atoms with van der Waals surface area (Å²) in [6.07, 6.45) is -2.67. The van der Waals surface area contributed by atoms with Gasteiger partial charge >= 0.3 is 12.1 Å². The molecular formula is C10H7F3N2O2. The summed E-state index contributed by atoms with van der Waals surface area (Å²) < 4.78 is 38.5. The van der Waals surface area contributed by atoms with Gasteiger partial charge in [0.15, 0.2) is 0 Å². The van der Waals surface area contributed by atoms with Crippen molar-refractivity contribution in [1.82, 2.24) is 9.38 Å². The predicted octanol–water partition coefficient (Wildman–Crippen LogP) is 1.98. The van der Waals surface area contributed by atoms with Crippen molar-refractivity contribution in [2.24, 2.45) is 0 Å². The van der Waals surface area contributed by atoms with Crippen molar-refractivity contribution in [1.29, 1.82) is 0 Å². The third kappa shape index (κ3) is 2.08. The van der Waals surface area contributed by atoms with Crippen LogP contribution in [0.25, 0.3) is 5.52 Å². The van der Waals surface area contributed by atoms with Gasteiger partial charge in [-0.1, -0.05) is 6.07 Å². The fourth-order valence-electron chi connectivity index (χ4n) is 1.60. The number of carbonyl (C=O) groups is 1. The van der Waals surface area contributed by atoms with Crippen LogP contribution >= 0.6 is 0 Å². The highest BCUT2D eigenvalue weighted by atomic mass is 19.4. The zero-order valence-corrected chi connectivity index (χ0v) is 8.40. The van der Waals surface area contributed by atoms with Crippen molar-refractivity contribution >= 4 is 11.5 Å². The van der Waals surface area contributed by atoms with Crippen molar-refractivity contribution in [3.05, 3.63) is 35.9 Å². The predicted molar refractivity (Wildman–Crippen MR) is 51.5 cm³/mol. The molecule has 90 valence electrons. The number of nitrogens with zero attached hydrogens (tertiary/aromatic N) is 2. The maximum Gasteiger partial charge on any atom is 0.450 e. The first-order valence-corrected chi connectivity index (χ1v) is 4.63. The normalized spacial score (nSPS) is 11.9. The summed E-state index contributed by atoms with van der Waals surface area (Å²) in [6, 6.07) is 2.83. The molecule has 0 aliphatic rings. The van der Waals surface area contributed by atoms with Gasteiger partial charge in [-0.25, -0.2) is 4.98 Å². The second-order valence-electron chi connectivity index (χ2n) is 3.44. The van der Waals surface area contributed by atoms with Gasteiger partial charge < -0.3 is 5.11 Å². The number of imidazole rings is 1. The number of alkyl halides is 3. The molecule has 0 aromatic carbocycles. The van der Waals surface area contributed by atoms with Gasteiger partial charge in [-0.05, 0) is 11.6 Å². The van der Waals surface area contributed by atoms with E-state index in [0.29, 0.717) is 5.56 Å². The fraction of sp³-hybridized carbons (Fsp3) is 0.200. The lowest BCUT2D eigenvalue weighted by atomic mass is 10.2. The number of carboxylic acids is 1. The lowest BCUT2D eigenvalue weighted by Gasteiger charge is -2.06. The Kier molecular flexibility index (Phi) is 2.53. The molecule has 0 saturated carbocycles. The fourth-order valence-corrected chi connectivity index (χ4v) is 1.60. The number of hydrogen-bond donors (Lipinski definition) is 1. The number of halogens is 3. The molecule has 0 saturated heterocycles. The number of carboxylic acid groups (broad SMARTS) is 1. The first-order valence-electron chi connectivity index (χ1n) is 4.63. The molecule has 0 aliphatic carbocycles. The summed E-state index contributed by atoms with van der Waals surface area (Å²) in [5.41, 5.74) is 0.449. The molecule has 0 amide bonds. The molecule has 0 aliphatic heterocycles. The quantitative estimate of drug-likeness (QED) is 0.878. The molecule has 2 rings (SSSR count). The SMILES string of the molecule is O=C(O)Cc1cccn2c(C(F)(F)F)ncc12. The standard InChI is InChI=1S/C10H7F3N2O2/c11-10(12,13)9-14-5-7-6(4-8(16)17)2-1-3-15(7)9/h1-3,5H,4H2,(H,16,17). The highest BCUT2D eigenvalue weighted by molar-refractivity contribution is 5.74. The number of fused-ring (bicyclic) bond motifs is 1. The van der Waals surface area contributed by atoms with Crippen LogP contribution in [0.5, 0.6) is 0 Å². The summed E-state index contributed by atoms with van der Waals surface area (Å²) in [7, 11) is 0. The highest BCUT2D eigenvalue weighted by Gasteiger charge is 2.36. The van der Waals surface area contributed by atoms with Gasteiger partial charge in [-0.2, -0.15) is 13.2 Å². The molecule has 0 radical (unpaired) electrons. The minimum Gasteiger partial charge on any atom is -0.481 e. The van der Waals surface area contributed by atoms with Crippen molar-refractivity contribution in [2.45, 2.75) is 12.6 Å². The van der Waals surface area contributed by atoms with Gasteiger partial charge in [-0.3, -0.25) is 9.20 Å². The van der Waals surface area contributed by atoms with Gasteiger partial charge in [0.1, 0.15) is 0 Å². The monoisotopic (exact) mass is 244 g/mol. The summed E-state index contributed by atoms with van der Waals surface area (Å²) in [4.78, 5) is 13.8. The summed E-state index contributed by atoms with van der Waals surface area (Å²) in [5, 5.41) is 8.64. The van der Waals surface area contributed by atoms with Crippen molar-refractivity contribution in [2.75, 3.05) is 0 Å². The average Bonchev–Trinajstić information content (AvgIpc) is 2.60. The number of aliphatic carboxylic acids is 1. The lowest BCUT2D eigenvalue weighted by molar-refractivity contribution is -0.145. The van der Waals surface area contributed by atoms with Crippen LogP contribution in [-0.4, -0.2) is 20.5 Å². The Labute approximate surface area is 93.3 Å². The second kappa shape index (κ2) is 3.76. The molecule has 1 N–H and O–H groups in total. The molecular weight excluding hydrogens is 237 g/mol. The molecule has 0 unspecified atom stereocenters. The smallest absolute Gasteiger partial charge is 0.450 e. The van der Waals surface area contributed by atoms with E-state index in [0.717, 1.165) is 10.6 Å². The largest absolute Gasteiger partial charge is 0.481 e. The first-order chi connectivity index (χ1) is 7.89. The minimum atomic E-state index is -4.56. The van der Waals surface area contributed by atoms with Crippen LogP contribution in [0.2, 0.25) is 0 Å². The van der Waals surface area contributed by atoms with Crippen molar-refractivity contribution in [3.63, 3.8) is 0 Å². The van der Waals surface area contributed by atoms with Gasteiger partial charge in [0, 0.05) is 6.20 Å². The average molecular weight is 244 g/mol. The molecule has 0 bridgehead atoms. The second-order valence-corrected chi connectivity index (χ2v) is 3.44. The molecule has 2 heterocycles. The van der Waals surface area contributed by atoms with E-state index in [4.69, 9.17) is 5.11 Å². The van der Waals surface area contributed by atoms with E-state index in [9.17, 15) is 18.0 Å². The van der Waals surface area contributed by atoms with Gasteiger partial charge in [0.2, 0.25) is 5.82 Å². The zero-order chi connectivity index (χ0) is 12.6. The van der Waals surface area contributed by atoms with E-state index < -0.39 is 18.0 Å².